The number of hydrogen-bond donors (Lipinski definition) is 1. The minimum absolute atomic E-state index is 0.234. The maximum Gasteiger partial charge on any atom is 0.241 e. The molecule has 20 heavy (non-hydrogen) atoms. The van der Waals surface area contributed by atoms with E-state index in [4.69, 9.17) is 0 Å². The lowest BCUT2D eigenvalue weighted by molar-refractivity contribution is 0.470. The zero-order valence-electron chi connectivity index (χ0n) is 11.2. The summed E-state index contributed by atoms with van der Waals surface area (Å²) in [6.45, 7) is 3.61. The first-order valence-electron chi connectivity index (χ1n) is 6.01. The fourth-order valence-corrected chi connectivity index (χ4v) is 3.47. The Morgan fingerprint density at radius 1 is 1.15 bits per heavy atom. The smallest absolute Gasteiger partial charge is 0.241 e. The van der Waals surface area contributed by atoms with Gasteiger partial charge in [0.2, 0.25) is 10.0 Å². The van der Waals surface area contributed by atoms with Gasteiger partial charge in [-0.1, -0.05) is 22.0 Å². The third kappa shape index (κ3) is 3.45. The van der Waals surface area contributed by atoms with Crippen LogP contribution in [0.5, 0.6) is 0 Å². The van der Waals surface area contributed by atoms with Gasteiger partial charge in [0.05, 0.1) is 10.4 Å². The summed E-state index contributed by atoms with van der Waals surface area (Å²) >= 11 is 3.29. The monoisotopic (exact) mass is 354 g/mol. The molecule has 0 atom stereocenters. The largest absolute Gasteiger partial charge is 0.264 e. The maximum absolute atomic E-state index is 12.4. The molecular formula is C14H15BrN2O2S. The van der Waals surface area contributed by atoms with Gasteiger partial charge in [-0.3, -0.25) is 4.98 Å². The Hall–Kier alpha value is -1.24. The number of hydrogen-bond acceptors (Lipinski definition) is 3. The van der Waals surface area contributed by atoms with Crippen LogP contribution in [-0.2, 0) is 15.6 Å². The average molecular weight is 355 g/mol. The number of sulfonamides is 1. The molecule has 1 N–H and O–H groups in total. The molecular weight excluding hydrogens is 340 g/mol. The zero-order valence-corrected chi connectivity index (χ0v) is 13.6. The topological polar surface area (TPSA) is 59.1 Å². The molecule has 1 heterocycles. The summed E-state index contributed by atoms with van der Waals surface area (Å²) in [7, 11) is -3.58. The van der Waals surface area contributed by atoms with Gasteiger partial charge >= 0.3 is 0 Å². The van der Waals surface area contributed by atoms with Crippen molar-refractivity contribution in [3.05, 3.63) is 58.8 Å². The minimum atomic E-state index is -3.58. The molecule has 0 saturated heterocycles. The molecule has 0 aliphatic rings. The Morgan fingerprint density at radius 3 is 2.35 bits per heavy atom. The zero-order chi connectivity index (χ0) is 14.8. The first-order valence-corrected chi connectivity index (χ1v) is 8.29. The Morgan fingerprint density at radius 2 is 1.80 bits per heavy atom. The third-order valence-electron chi connectivity index (χ3n) is 2.90. The van der Waals surface area contributed by atoms with E-state index in [1.54, 1.807) is 56.6 Å². The molecule has 0 aliphatic carbocycles. The SMILES string of the molecule is CC(C)(NS(=O)(=O)c1ccc(Br)cc1)c1cccnc1. The summed E-state index contributed by atoms with van der Waals surface area (Å²) in [5.41, 5.74) is 0.0702. The highest BCUT2D eigenvalue weighted by Crippen LogP contribution is 2.23. The van der Waals surface area contributed by atoms with Crippen molar-refractivity contribution in [2.75, 3.05) is 0 Å². The Kier molecular flexibility index (Phi) is 4.27. The Bertz CT molecular complexity index is 683. The van der Waals surface area contributed by atoms with E-state index >= 15 is 0 Å². The van der Waals surface area contributed by atoms with Gasteiger partial charge in [-0.25, -0.2) is 13.1 Å². The molecule has 0 amide bonds. The second-order valence-corrected chi connectivity index (χ2v) is 7.52. The van der Waals surface area contributed by atoms with Gasteiger partial charge in [-0.05, 0) is 49.7 Å². The number of halogens is 1. The first kappa shape index (κ1) is 15.2. The van der Waals surface area contributed by atoms with Crippen molar-refractivity contribution >= 4 is 26.0 Å². The highest BCUT2D eigenvalue weighted by atomic mass is 79.9. The van der Waals surface area contributed by atoms with Crippen LogP contribution in [-0.4, -0.2) is 13.4 Å². The molecule has 0 fully saturated rings. The van der Waals surface area contributed by atoms with Crippen LogP contribution < -0.4 is 4.72 Å². The van der Waals surface area contributed by atoms with Crippen LogP contribution in [0.25, 0.3) is 0 Å². The van der Waals surface area contributed by atoms with Crippen molar-refractivity contribution in [2.45, 2.75) is 24.3 Å². The van der Waals surface area contributed by atoms with Gasteiger partial charge in [0.25, 0.3) is 0 Å². The van der Waals surface area contributed by atoms with E-state index in [1.807, 2.05) is 6.07 Å². The summed E-state index contributed by atoms with van der Waals surface area (Å²) < 4.78 is 28.3. The molecule has 1 aromatic carbocycles. The summed E-state index contributed by atoms with van der Waals surface area (Å²) in [5, 5.41) is 0. The molecule has 6 heteroatoms. The molecule has 0 radical (unpaired) electrons. The molecule has 0 aliphatic heterocycles. The molecule has 1 aromatic heterocycles. The quantitative estimate of drug-likeness (QED) is 0.917. The summed E-state index contributed by atoms with van der Waals surface area (Å²) in [4.78, 5) is 4.26. The fourth-order valence-electron chi connectivity index (χ4n) is 1.80. The Labute approximate surface area is 127 Å². The van der Waals surface area contributed by atoms with Gasteiger partial charge in [-0.15, -0.1) is 0 Å². The van der Waals surface area contributed by atoms with Gasteiger partial charge in [0.1, 0.15) is 0 Å². The van der Waals surface area contributed by atoms with Crippen LogP contribution in [0.2, 0.25) is 0 Å². The highest BCUT2D eigenvalue weighted by Gasteiger charge is 2.27. The second kappa shape index (κ2) is 5.63. The van der Waals surface area contributed by atoms with Crippen molar-refractivity contribution < 1.29 is 8.42 Å². The van der Waals surface area contributed by atoms with E-state index in [2.05, 4.69) is 25.6 Å². The first-order chi connectivity index (χ1) is 9.31. The summed E-state index contributed by atoms with van der Waals surface area (Å²) in [6, 6.07) is 10.1. The Balaban J connectivity index is 2.30. The molecule has 2 rings (SSSR count). The van der Waals surface area contributed by atoms with Crippen molar-refractivity contribution in [3.8, 4) is 0 Å². The molecule has 4 nitrogen and oxygen atoms in total. The second-order valence-electron chi connectivity index (χ2n) is 4.93. The standard InChI is InChI=1S/C14H15BrN2O2S/c1-14(2,11-4-3-9-16-10-11)17-20(18,19)13-7-5-12(15)6-8-13/h3-10,17H,1-2H3. The van der Waals surface area contributed by atoms with Crippen molar-refractivity contribution in [1.82, 2.24) is 9.71 Å². The maximum atomic E-state index is 12.4. The number of nitrogens with one attached hydrogen (secondary N) is 1. The van der Waals surface area contributed by atoms with E-state index in [0.717, 1.165) is 10.0 Å². The number of aromatic nitrogens is 1. The van der Waals surface area contributed by atoms with Crippen LogP contribution in [0.3, 0.4) is 0 Å². The van der Waals surface area contributed by atoms with Crippen molar-refractivity contribution in [2.24, 2.45) is 0 Å². The summed E-state index contributed by atoms with van der Waals surface area (Å²) in [5.74, 6) is 0. The number of rotatable bonds is 4. The lowest BCUT2D eigenvalue weighted by Gasteiger charge is -2.26. The van der Waals surface area contributed by atoms with E-state index in [-0.39, 0.29) is 4.90 Å². The predicted octanol–water partition coefficient (Wildman–Crippen LogP) is 3.06. The fraction of sp³-hybridized carbons (Fsp3) is 0.214. The normalized spacial score (nSPS) is 12.3. The molecule has 0 spiro atoms. The van der Waals surface area contributed by atoms with E-state index < -0.39 is 15.6 Å². The lowest BCUT2D eigenvalue weighted by Crippen LogP contribution is -2.40. The highest BCUT2D eigenvalue weighted by molar-refractivity contribution is 9.10. The van der Waals surface area contributed by atoms with Crippen LogP contribution in [0.1, 0.15) is 19.4 Å². The minimum Gasteiger partial charge on any atom is -0.264 e. The molecule has 106 valence electrons. The van der Waals surface area contributed by atoms with Crippen LogP contribution in [0.4, 0.5) is 0 Å². The van der Waals surface area contributed by atoms with E-state index in [1.165, 1.54) is 0 Å². The van der Waals surface area contributed by atoms with Gasteiger partial charge in [0.15, 0.2) is 0 Å². The van der Waals surface area contributed by atoms with Crippen molar-refractivity contribution in [3.63, 3.8) is 0 Å². The molecule has 2 aromatic rings. The van der Waals surface area contributed by atoms with Crippen LogP contribution in [0.15, 0.2) is 58.2 Å². The van der Waals surface area contributed by atoms with Crippen LogP contribution >= 0.6 is 15.9 Å². The van der Waals surface area contributed by atoms with E-state index in [0.29, 0.717) is 0 Å². The number of pyridine rings is 1. The molecule has 0 unspecified atom stereocenters. The van der Waals surface area contributed by atoms with E-state index in [9.17, 15) is 8.42 Å². The number of nitrogens with zero attached hydrogens (tertiary/aromatic N) is 1. The molecule has 0 saturated carbocycles. The predicted molar refractivity (Wildman–Crippen MR) is 81.7 cm³/mol. The molecule has 0 bridgehead atoms. The average Bonchev–Trinajstić information content (AvgIpc) is 2.39. The lowest BCUT2D eigenvalue weighted by atomic mass is 9.98. The van der Waals surface area contributed by atoms with Gasteiger partial charge in [0, 0.05) is 16.9 Å². The van der Waals surface area contributed by atoms with Crippen LogP contribution in [0, 0.1) is 0 Å². The van der Waals surface area contributed by atoms with Gasteiger partial charge < -0.3 is 0 Å². The van der Waals surface area contributed by atoms with Gasteiger partial charge in [-0.2, -0.15) is 0 Å². The number of benzene rings is 1. The third-order valence-corrected chi connectivity index (χ3v) is 5.10. The van der Waals surface area contributed by atoms with Crippen molar-refractivity contribution in [1.29, 1.82) is 0 Å². The summed E-state index contributed by atoms with van der Waals surface area (Å²) in [6.07, 6.45) is 3.31.